The lowest BCUT2D eigenvalue weighted by atomic mass is 9.97. The number of rotatable bonds is 15. The fourth-order valence-electron chi connectivity index (χ4n) is 4.18. The Kier molecular flexibility index (Phi) is 12.9. The standard InChI is InChI=1S/C24H40Br2NO/c1-5-16-27(6-2,17-12-10-8-7-9-11-15-25)19-22(28)18-23-20(3)13-14-24(26)21(23)4/h13-14H,5-12,15-19H2,1-4H3/q+1. The molecule has 0 bridgehead atoms. The highest BCUT2D eigenvalue weighted by molar-refractivity contribution is 9.10. The minimum atomic E-state index is 0.386. The van der Waals surface area contributed by atoms with E-state index in [1.165, 1.54) is 55.2 Å². The van der Waals surface area contributed by atoms with Gasteiger partial charge in [0.2, 0.25) is 0 Å². The van der Waals surface area contributed by atoms with E-state index in [2.05, 4.69) is 71.7 Å². The molecule has 28 heavy (non-hydrogen) atoms. The number of nitrogens with zero attached hydrogens (tertiary/aromatic N) is 1. The zero-order valence-corrected chi connectivity index (χ0v) is 21.6. The predicted molar refractivity (Wildman–Crippen MR) is 130 cm³/mol. The van der Waals surface area contributed by atoms with Gasteiger partial charge in [0.15, 0.2) is 5.78 Å². The predicted octanol–water partition coefficient (Wildman–Crippen LogP) is 7.16. The fourth-order valence-corrected chi connectivity index (χ4v) is 4.95. The van der Waals surface area contributed by atoms with E-state index in [1.54, 1.807) is 0 Å². The molecule has 0 N–H and O–H groups in total. The van der Waals surface area contributed by atoms with Gasteiger partial charge in [-0.2, -0.15) is 0 Å². The molecule has 160 valence electrons. The van der Waals surface area contributed by atoms with Gasteiger partial charge >= 0.3 is 0 Å². The summed E-state index contributed by atoms with van der Waals surface area (Å²) in [6.45, 7) is 12.7. The second kappa shape index (κ2) is 13.9. The maximum Gasteiger partial charge on any atom is 0.191 e. The Labute approximate surface area is 190 Å². The molecule has 2 nitrogen and oxygen atoms in total. The highest BCUT2D eigenvalue weighted by atomic mass is 79.9. The summed E-state index contributed by atoms with van der Waals surface area (Å²) in [5, 5.41) is 1.12. The number of ketones is 1. The van der Waals surface area contributed by atoms with Crippen LogP contribution in [0.5, 0.6) is 0 Å². The van der Waals surface area contributed by atoms with Crippen LogP contribution in [0.4, 0.5) is 0 Å². The van der Waals surface area contributed by atoms with Crippen molar-refractivity contribution in [3.05, 3.63) is 33.3 Å². The second-order valence-corrected chi connectivity index (χ2v) is 9.90. The number of quaternary nitrogens is 1. The lowest BCUT2D eigenvalue weighted by Gasteiger charge is -2.37. The average Bonchev–Trinajstić information content (AvgIpc) is 2.67. The molecule has 1 aromatic carbocycles. The molecule has 0 spiro atoms. The van der Waals surface area contributed by atoms with E-state index in [-0.39, 0.29) is 0 Å². The van der Waals surface area contributed by atoms with Crippen molar-refractivity contribution in [3.8, 4) is 0 Å². The van der Waals surface area contributed by atoms with Crippen molar-refractivity contribution in [1.29, 1.82) is 0 Å². The molecule has 0 saturated carbocycles. The van der Waals surface area contributed by atoms with Crippen LogP contribution >= 0.6 is 31.9 Å². The lowest BCUT2D eigenvalue weighted by Crippen LogP contribution is -2.52. The first-order chi connectivity index (χ1) is 13.4. The van der Waals surface area contributed by atoms with Crippen LogP contribution in [0.25, 0.3) is 0 Å². The molecule has 4 heteroatoms. The number of carbonyl (C=O) groups excluding carboxylic acids is 1. The number of alkyl halides is 1. The van der Waals surface area contributed by atoms with Crippen molar-refractivity contribution in [2.75, 3.05) is 31.5 Å². The minimum absolute atomic E-state index is 0.386. The molecule has 0 aromatic heterocycles. The second-order valence-electron chi connectivity index (χ2n) is 8.26. The SMILES string of the molecule is CCC[N+](CC)(CCCCCCCCBr)CC(=O)Cc1c(C)ccc(Br)c1C. The van der Waals surface area contributed by atoms with E-state index < -0.39 is 0 Å². The normalized spacial score (nSPS) is 13.5. The molecule has 0 aliphatic rings. The van der Waals surface area contributed by atoms with E-state index >= 15 is 0 Å². The molecule has 0 amide bonds. The summed E-state index contributed by atoms with van der Waals surface area (Å²) < 4.78 is 2.06. The number of hydrogen-bond donors (Lipinski definition) is 0. The molecule has 0 heterocycles. The van der Waals surface area contributed by atoms with Crippen LogP contribution in [0.15, 0.2) is 16.6 Å². The van der Waals surface area contributed by atoms with Crippen LogP contribution in [-0.2, 0) is 11.2 Å². The summed E-state index contributed by atoms with van der Waals surface area (Å²) in [5.74, 6) is 0.386. The summed E-state index contributed by atoms with van der Waals surface area (Å²) in [5.41, 5.74) is 3.64. The van der Waals surface area contributed by atoms with E-state index in [4.69, 9.17) is 0 Å². The van der Waals surface area contributed by atoms with Gasteiger partial charge in [-0.3, -0.25) is 4.79 Å². The Hall–Kier alpha value is -0.190. The summed E-state index contributed by atoms with van der Waals surface area (Å²) in [4.78, 5) is 13.0. The van der Waals surface area contributed by atoms with Gasteiger partial charge in [0.1, 0.15) is 6.54 Å². The number of carbonyl (C=O) groups is 1. The van der Waals surface area contributed by atoms with Crippen molar-refractivity contribution in [2.24, 2.45) is 0 Å². The minimum Gasteiger partial charge on any atom is -0.318 e. The molecule has 1 aromatic rings. The number of aryl methyl sites for hydroxylation is 1. The Morgan fingerprint density at radius 3 is 2.21 bits per heavy atom. The van der Waals surface area contributed by atoms with E-state index in [0.29, 0.717) is 18.7 Å². The summed E-state index contributed by atoms with van der Waals surface area (Å²) in [7, 11) is 0. The average molecular weight is 518 g/mol. The first-order valence-corrected chi connectivity index (χ1v) is 13.0. The van der Waals surface area contributed by atoms with Gasteiger partial charge in [0.25, 0.3) is 0 Å². The molecule has 0 aliphatic carbocycles. The van der Waals surface area contributed by atoms with Gasteiger partial charge < -0.3 is 4.48 Å². The van der Waals surface area contributed by atoms with Gasteiger partial charge in [-0.15, -0.1) is 0 Å². The van der Waals surface area contributed by atoms with Gasteiger partial charge in [-0.25, -0.2) is 0 Å². The topological polar surface area (TPSA) is 17.1 Å². The fraction of sp³-hybridized carbons (Fsp3) is 0.708. The molecule has 1 unspecified atom stereocenters. The number of halogens is 2. The Bertz CT molecular complexity index is 603. The highest BCUT2D eigenvalue weighted by Crippen LogP contribution is 2.24. The van der Waals surface area contributed by atoms with E-state index in [0.717, 1.165) is 40.3 Å². The number of benzene rings is 1. The van der Waals surface area contributed by atoms with Gasteiger partial charge in [0, 0.05) is 16.2 Å². The number of Topliss-reactive ketones (excluding diaryl/α,β-unsaturated/α-hetero) is 1. The largest absolute Gasteiger partial charge is 0.318 e. The van der Waals surface area contributed by atoms with Crippen LogP contribution in [0.1, 0.15) is 75.5 Å². The van der Waals surface area contributed by atoms with Gasteiger partial charge in [-0.1, -0.05) is 64.1 Å². The number of hydrogen-bond acceptors (Lipinski definition) is 1. The van der Waals surface area contributed by atoms with Crippen LogP contribution in [0.2, 0.25) is 0 Å². The number of likely N-dealkylation sites (N-methyl/N-ethyl adjacent to an activating group) is 1. The molecular formula is C24H40Br2NO+. The third-order valence-corrected chi connectivity index (χ3v) is 7.46. The van der Waals surface area contributed by atoms with Crippen molar-refractivity contribution >= 4 is 37.6 Å². The smallest absolute Gasteiger partial charge is 0.191 e. The first-order valence-electron chi connectivity index (χ1n) is 11.1. The van der Waals surface area contributed by atoms with Crippen LogP contribution in [0, 0.1) is 13.8 Å². The summed E-state index contributed by atoms with van der Waals surface area (Å²) in [6.07, 6.45) is 9.52. The van der Waals surface area contributed by atoms with Gasteiger partial charge in [-0.05, 0) is 69.2 Å². The van der Waals surface area contributed by atoms with Crippen molar-refractivity contribution in [3.63, 3.8) is 0 Å². The van der Waals surface area contributed by atoms with Gasteiger partial charge in [0.05, 0.1) is 19.6 Å². The lowest BCUT2D eigenvalue weighted by molar-refractivity contribution is -0.919. The first kappa shape index (κ1) is 25.8. The van der Waals surface area contributed by atoms with Crippen LogP contribution < -0.4 is 0 Å². The van der Waals surface area contributed by atoms with E-state index in [1.807, 2.05) is 0 Å². The third kappa shape index (κ3) is 8.67. The van der Waals surface area contributed by atoms with Crippen LogP contribution in [0.3, 0.4) is 0 Å². The number of unbranched alkanes of at least 4 members (excludes halogenated alkanes) is 5. The van der Waals surface area contributed by atoms with Crippen molar-refractivity contribution in [1.82, 2.24) is 0 Å². The molecule has 0 saturated heterocycles. The van der Waals surface area contributed by atoms with Crippen molar-refractivity contribution in [2.45, 2.75) is 79.1 Å². The zero-order chi connectivity index (χ0) is 21.0. The Balaban J connectivity index is 2.66. The summed E-state index contributed by atoms with van der Waals surface area (Å²) >= 11 is 7.12. The Morgan fingerprint density at radius 1 is 0.964 bits per heavy atom. The molecule has 0 fully saturated rings. The van der Waals surface area contributed by atoms with Crippen molar-refractivity contribution < 1.29 is 9.28 Å². The molecular weight excluding hydrogens is 478 g/mol. The Morgan fingerprint density at radius 2 is 1.61 bits per heavy atom. The maximum atomic E-state index is 13.0. The highest BCUT2D eigenvalue weighted by Gasteiger charge is 2.28. The maximum absolute atomic E-state index is 13.0. The summed E-state index contributed by atoms with van der Waals surface area (Å²) in [6, 6.07) is 4.20. The molecule has 0 radical (unpaired) electrons. The quantitative estimate of drug-likeness (QED) is 0.137. The van der Waals surface area contributed by atoms with Crippen LogP contribution in [-0.4, -0.2) is 41.8 Å². The van der Waals surface area contributed by atoms with E-state index in [9.17, 15) is 4.79 Å². The monoisotopic (exact) mass is 516 g/mol. The zero-order valence-electron chi connectivity index (χ0n) is 18.5. The molecule has 1 rings (SSSR count). The third-order valence-electron chi connectivity index (χ3n) is 6.04. The molecule has 0 aliphatic heterocycles. The molecule has 1 atom stereocenters.